The molecule has 3 heterocycles. The Bertz CT molecular complexity index is 1330. The molecule has 3 unspecified atom stereocenters. The molecular weight excluding hydrogens is 419 g/mol. The molecule has 4 N–H and O–H groups in total. The van der Waals surface area contributed by atoms with E-state index in [1.807, 2.05) is 36.4 Å². The van der Waals surface area contributed by atoms with E-state index in [9.17, 15) is 9.50 Å². The number of fused-ring (bicyclic) bond motifs is 2. The molecule has 0 radical (unpaired) electrons. The number of nitrogens with one attached hydrogen (secondary N) is 1. The van der Waals surface area contributed by atoms with Gasteiger partial charge in [-0.05, 0) is 36.0 Å². The average Bonchev–Trinajstić information content (AvgIpc) is 3.33. The van der Waals surface area contributed by atoms with E-state index in [0.717, 1.165) is 30.6 Å². The topological polar surface area (TPSA) is 104 Å². The maximum atomic E-state index is 13.9. The first-order chi connectivity index (χ1) is 16.2. The van der Waals surface area contributed by atoms with Gasteiger partial charge in [-0.25, -0.2) is 14.4 Å². The highest BCUT2D eigenvalue weighted by Crippen LogP contribution is 2.63. The van der Waals surface area contributed by atoms with Gasteiger partial charge in [0.15, 0.2) is 11.5 Å². The lowest BCUT2D eigenvalue weighted by Gasteiger charge is -2.28. The van der Waals surface area contributed by atoms with Crippen molar-refractivity contribution >= 4 is 17.0 Å². The van der Waals surface area contributed by atoms with Gasteiger partial charge >= 0.3 is 0 Å². The van der Waals surface area contributed by atoms with E-state index >= 15 is 0 Å². The van der Waals surface area contributed by atoms with E-state index in [1.165, 1.54) is 6.07 Å². The Hall–Kier alpha value is -3.36. The molecule has 2 fully saturated rings. The molecule has 2 aliphatic rings. The third-order valence-electron chi connectivity index (χ3n) is 7.47. The Balaban J connectivity index is 1.34. The van der Waals surface area contributed by atoms with Gasteiger partial charge in [0.05, 0.1) is 6.61 Å². The highest BCUT2D eigenvalue weighted by atomic mass is 19.1. The van der Waals surface area contributed by atoms with E-state index in [4.69, 9.17) is 15.7 Å². The van der Waals surface area contributed by atoms with Crippen LogP contribution >= 0.6 is 0 Å². The smallest absolute Gasteiger partial charge is 0.177 e. The maximum absolute atomic E-state index is 13.9. The first-order valence-electron chi connectivity index (χ1n) is 11.3. The SMILES string of the molecule is NCC1(c2cccc(F)c2)C2CCN(c3nc4[nH]nc(-c5ccccc5)c4nc3CO)CC21. The first kappa shape index (κ1) is 20.3. The van der Waals surface area contributed by atoms with Crippen LogP contribution in [0.15, 0.2) is 54.6 Å². The fraction of sp³-hybridized carbons (Fsp3) is 0.320. The molecule has 1 aliphatic heterocycles. The van der Waals surface area contributed by atoms with Crippen molar-refractivity contribution in [3.8, 4) is 11.3 Å². The largest absolute Gasteiger partial charge is 0.390 e. The second-order valence-electron chi connectivity index (χ2n) is 8.99. The number of anilines is 1. The predicted octanol–water partition coefficient (Wildman–Crippen LogP) is 3.00. The van der Waals surface area contributed by atoms with Crippen molar-refractivity contribution < 1.29 is 9.50 Å². The lowest BCUT2D eigenvalue weighted by atomic mass is 9.91. The van der Waals surface area contributed by atoms with Crippen molar-refractivity contribution in [2.45, 2.75) is 18.4 Å². The summed E-state index contributed by atoms with van der Waals surface area (Å²) in [6.07, 6.45) is 0.932. The van der Waals surface area contributed by atoms with Crippen LogP contribution in [0.5, 0.6) is 0 Å². The summed E-state index contributed by atoms with van der Waals surface area (Å²) in [6, 6.07) is 16.6. The van der Waals surface area contributed by atoms with Gasteiger partial charge in [0.25, 0.3) is 0 Å². The molecule has 1 aliphatic carbocycles. The van der Waals surface area contributed by atoms with Crippen LogP contribution in [0.25, 0.3) is 22.4 Å². The van der Waals surface area contributed by atoms with Crippen LogP contribution in [-0.4, -0.2) is 44.9 Å². The van der Waals surface area contributed by atoms with E-state index < -0.39 is 0 Å². The fourth-order valence-corrected chi connectivity index (χ4v) is 5.82. The van der Waals surface area contributed by atoms with Crippen molar-refractivity contribution in [2.24, 2.45) is 17.6 Å². The highest BCUT2D eigenvalue weighted by molar-refractivity contribution is 5.88. The monoisotopic (exact) mass is 444 g/mol. The van der Waals surface area contributed by atoms with Crippen molar-refractivity contribution in [1.29, 1.82) is 0 Å². The van der Waals surface area contributed by atoms with Crippen LogP contribution in [0.1, 0.15) is 17.7 Å². The summed E-state index contributed by atoms with van der Waals surface area (Å²) in [5.74, 6) is 1.17. The van der Waals surface area contributed by atoms with Crippen LogP contribution in [0.2, 0.25) is 0 Å². The number of rotatable bonds is 5. The van der Waals surface area contributed by atoms with E-state index in [-0.39, 0.29) is 17.8 Å². The molecule has 8 heteroatoms. The van der Waals surface area contributed by atoms with Gasteiger partial charge in [-0.15, -0.1) is 0 Å². The fourth-order valence-electron chi connectivity index (χ4n) is 5.82. The number of hydrogen-bond acceptors (Lipinski definition) is 6. The summed E-state index contributed by atoms with van der Waals surface area (Å²) < 4.78 is 13.9. The van der Waals surface area contributed by atoms with Crippen molar-refractivity contribution in [3.05, 3.63) is 71.7 Å². The number of aromatic nitrogens is 4. The third kappa shape index (κ3) is 3.05. The number of aliphatic hydroxyl groups excluding tert-OH is 1. The van der Waals surface area contributed by atoms with Gasteiger partial charge < -0.3 is 15.7 Å². The molecule has 3 atom stereocenters. The number of halogens is 1. The minimum absolute atomic E-state index is 0.206. The number of aromatic amines is 1. The normalized spacial score (nSPS) is 24.2. The lowest BCUT2D eigenvalue weighted by Crippen LogP contribution is -2.33. The molecule has 0 bridgehead atoms. The molecule has 1 saturated carbocycles. The van der Waals surface area contributed by atoms with Gasteiger partial charge in [-0.3, -0.25) is 5.10 Å². The Morgan fingerprint density at radius 2 is 1.97 bits per heavy atom. The summed E-state index contributed by atoms with van der Waals surface area (Å²) >= 11 is 0. The van der Waals surface area contributed by atoms with E-state index in [0.29, 0.717) is 46.8 Å². The third-order valence-corrected chi connectivity index (χ3v) is 7.47. The minimum Gasteiger partial charge on any atom is -0.390 e. The maximum Gasteiger partial charge on any atom is 0.177 e. The van der Waals surface area contributed by atoms with Crippen LogP contribution in [0.3, 0.4) is 0 Å². The zero-order valence-corrected chi connectivity index (χ0v) is 18.1. The molecule has 168 valence electrons. The van der Waals surface area contributed by atoms with Crippen molar-refractivity contribution in [3.63, 3.8) is 0 Å². The molecule has 2 aromatic carbocycles. The van der Waals surface area contributed by atoms with Crippen LogP contribution in [-0.2, 0) is 12.0 Å². The number of H-pyrrole nitrogens is 1. The van der Waals surface area contributed by atoms with Gasteiger partial charge in [-0.1, -0.05) is 42.5 Å². The quantitative estimate of drug-likeness (QED) is 0.437. The van der Waals surface area contributed by atoms with Gasteiger partial charge in [0.2, 0.25) is 0 Å². The van der Waals surface area contributed by atoms with Gasteiger partial charge in [0.1, 0.15) is 22.7 Å². The van der Waals surface area contributed by atoms with Crippen molar-refractivity contribution in [1.82, 2.24) is 20.2 Å². The number of nitrogens with zero attached hydrogens (tertiary/aromatic N) is 4. The molecule has 0 spiro atoms. The number of benzene rings is 2. The highest BCUT2D eigenvalue weighted by Gasteiger charge is 2.65. The van der Waals surface area contributed by atoms with Gasteiger partial charge in [0, 0.05) is 30.6 Å². The summed E-state index contributed by atoms with van der Waals surface area (Å²) in [6.45, 7) is 1.79. The van der Waals surface area contributed by atoms with Crippen LogP contribution in [0.4, 0.5) is 10.2 Å². The number of piperidine rings is 1. The summed E-state index contributed by atoms with van der Waals surface area (Å²) in [7, 11) is 0. The molecule has 7 nitrogen and oxygen atoms in total. The number of hydrogen-bond donors (Lipinski definition) is 3. The molecule has 6 rings (SSSR count). The number of aliphatic hydroxyl groups is 1. The Morgan fingerprint density at radius 3 is 2.73 bits per heavy atom. The Morgan fingerprint density at radius 1 is 1.12 bits per heavy atom. The zero-order chi connectivity index (χ0) is 22.6. The Kier molecular flexibility index (Phi) is 4.67. The second-order valence-corrected chi connectivity index (χ2v) is 8.99. The standard InChI is InChI=1S/C25H25FN6O/c26-17-8-4-7-16(11-17)25(14-27)18-9-10-32(12-19(18)25)24-20(13-33)28-22-21(30-31-23(22)29-24)15-5-2-1-3-6-15/h1-8,11,18-19,33H,9-10,12-14,27H2,(H,29,30,31). The predicted molar refractivity (Wildman–Crippen MR) is 124 cm³/mol. The molecule has 4 aromatic rings. The van der Waals surface area contributed by atoms with E-state index in [1.54, 1.807) is 12.1 Å². The average molecular weight is 445 g/mol. The molecule has 2 aromatic heterocycles. The lowest BCUT2D eigenvalue weighted by molar-refractivity contribution is 0.277. The van der Waals surface area contributed by atoms with Crippen LogP contribution in [0, 0.1) is 17.7 Å². The summed E-state index contributed by atoms with van der Waals surface area (Å²) in [5.41, 5.74) is 10.5. The number of nitrogens with two attached hydrogens (primary N) is 1. The van der Waals surface area contributed by atoms with E-state index in [2.05, 4.69) is 15.1 Å². The summed E-state index contributed by atoms with van der Waals surface area (Å²) in [4.78, 5) is 11.8. The van der Waals surface area contributed by atoms with Crippen molar-refractivity contribution in [2.75, 3.05) is 24.5 Å². The summed E-state index contributed by atoms with van der Waals surface area (Å²) in [5, 5.41) is 17.6. The molecule has 33 heavy (non-hydrogen) atoms. The Labute approximate surface area is 190 Å². The minimum atomic E-state index is -0.229. The molecular formula is C25H25FN6O. The molecule has 0 amide bonds. The first-order valence-corrected chi connectivity index (χ1v) is 11.3. The van der Waals surface area contributed by atoms with Gasteiger partial charge in [-0.2, -0.15) is 5.10 Å². The second kappa shape index (κ2) is 7.60. The van der Waals surface area contributed by atoms with Crippen LogP contribution < -0.4 is 10.6 Å². The molecule has 1 saturated heterocycles. The zero-order valence-electron chi connectivity index (χ0n) is 18.1.